The van der Waals surface area contributed by atoms with Gasteiger partial charge in [-0.2, -0.15) is 0 Å². The topological polar surface area (TPSA) is 65.4 Å². The normalized spacial score (nSPS) is 11.0. The molecule has 0 unspecified atom stereocenters. The van der Waals surface area contributed by atoms with Crippen LogP contribution in [0.25, 0.3) is 11.0 Å². The van der Waals surface area contributed by atoms with E-state index in [1.54, 1.807) is 7.11 Å². The molecule has 0 aliphatic heterocycles. The van der Waals surface area contributed by atoms with Crippen molar-refractivity contribution in [2.24, 2.45) is 0 Å². The van der Waals surface area contributed by atoms with Crippen LogP contribution in [-0.4, -0.2) is 35.7 Å². The van der Waals surface area contributed by atoms with Crippen LogP contribution in [0, 0.1) is 6.92 Å². The Morgan fingerprint density at radius 3 is 2.57 bits per heavy atom. The number of rotatable bonds is 13. The average molecular weight is 520 g/mol. The zero-order valence-electron chi connectivity index (χ0n) is 21.5. The van der Waals surface area contributed by atoms with Gasteiger partial charge in [-0.25, -0.2) is 4.98 Å². The summed E-state index contributed by atoms with van der Waals surface area (Å²) in [5.74, 6) is 2.72. The lowest BCUT2D eigenvalue weighted by Gasteiger charge is -2.11. The predicted octanol–water partition coefficient (Wildman–Crippen LogP) is 6.16. The third-order valence-electron chi connectivity index (χ3n) is 6.33. The van der Waals surface area contributed by atoms with Crippen LogP contribution >= 0.6 is 11.6 Å². The SMILES string of the molecule is COc1ccc(CC(=O)NCCCc2nc3ccccc3n2CCCCOc2ccc(Cl)c(C)c2)cc1. The van der Waals surface area contributed by atoms with Crippen LogP contribution in [0.1, 0.15) is 36.2 Å². The first-order chi connectivity index (χ1) is 18.0. The van der Waals surface area contributed by atoms with Gasteiger partial charge >= 0.3 is 0 Å². The molecule has 0 radical (unpaired) electrons. The second-order valence-electron chi connectivity index (χ2n) is 9.11. The molecule has 0 spiro atoms. The molecule has 1 N–H and O–H groups in total. The molecule has 3 aromatic carbocycles. The maximum atomic E-state index is 12.3. The van der Waals surface area contributed by atoms with E-state index in [0.717, 1.165) is 76.7 Å². The van der Waals surface area contributed by atoms with E-state index >= 15 is 0 Å². The van der Waals surface area contributed by atoms with Crippen LogP contribution in [0.2, 0.25) is 5.02 Å². The first-order valence-electron chi connectivity index (χ1n) is 12.8. The van der Waals surface area contributed by atoms with Crippen LogP contribution in [0.3, 0.4) is 0 Å². The Kier molecular flexibility index (Phi) is 9.44. The number of para-hydroxylation sites is 2. The van der Waals surface area contributed by atoms with E-state index in [9.17, 15) is 4.79 Å². The van der Waals surface area contributed by atoms with Gasteiger partial charge in [0.25, 0.3) is 0 Å². The quantitative estimate of drug-likeness (QED) is 0.215. The summed E-state index contributed by atoms with van der Waals surface area (Å²) in [4.78, 5) is 17.2. The number of carbonyl (C=O) groups is 1. The summed E-state index contributed by atoms with van der Waals surface area (Å²) in [6.07, 6.45) is 3.92. The van der Waals surface area contributed by atoms with Crippen LogP contribution in [0.5, 0.6) is 11.5 Å². The number of unbranched alkanes of at least 4 members (excludes halogenated alkanes) is 1. The Morgan fingerprint density at radius 1 is 1.00 bits per heavy atom. The third-order valence-corrected chi connectivity index (χ3v) is 6.75. The number of carbonyl (C=O) groups excluding carboxylic acids is 1. The molecule has 0 saturated carbocycles. The smallest absolute Gasteiger partial charge is 0.224 e. The van der Waals surface area contributed by atoms with Gasteiger partial charge in [0, 0.05) is 24.5 Å². The number of fused-ring (bicyclic) bond motifs is 1. The monoisotopic (exact) mass is 519 g/mol. The van der Waals surface area contributed by atoms with E-state index in [0.29, 0.717) is 19.6 Å². The number of benzene rings is 3. The largest absolute Gasteiger partial charge is 0.497 e. The number of nitrogens with one attached hydrogen (secondary N) is 1. The number of aryl methyl sites for hydroxylation is 3. The average Bonchev–Trinajstić information content (AvgIpc) is 3.26. The fraction of sp³-hybridized carbons (Fsp3) is 0.333. The maximum Gasteiger partial charge on any atom is 0.224 e. The van der Waals surface area contributed by atoms with E-state index in [2.05, 4.69) is 28.1 Å². The summed E-state index contributed by atoms with van der Waals surface area (Å²) in [6, 6.07) is 21.6. The molecule has 0 saturated heterocycles. The highest BCUT2D eigenvalue weighted by molar-refractivity contribution is 6.31. The Bertz CT molecular complexity index is 1320. The fourth-order valence-corrected chi connectivity index (χ4v) is 4.42. The second-order valence-corrected chi connectivity index (χ2v) is 9.52. The molecule has 194 valence electrons. The molecule has 4 rings (SSSR count). The number of nitrogens with zero attached hydrogens (tertiary/aromatic N) is 2. The van der Waals surface area contributed by atoms with Crippen molar-refractivity contribution in [2.45, 2.75) is 45.6 Å². The molecular weight excluding hydrogens is 486 g/mol. The van der Waals surface area contributed by atoms with Gasteiger partial charge in [-0.05, 0) is 79.8 Å². The van der Waals surface area contributed by atoms with Crippen LogP contribution < -0.4 is 14.8 Å². The number of hydrogen-bond acceptors (Lipinski definition) is 4. The Morgan fingerprint density at radius 2 is 1.78 bits per heavy atom. The molecule has 37 heavy (non-hydrogen) atoms. The van der Waals surface area contributed by atoms with Crippen molar-refractivity contribution in [3.63, 3.8) is 0 Å². The Balaban J connectivity index is 1.25. The summed E-state index contributed by atoms with van der Waals surface area (Å²) in [7, 11) is 1.63. The summed E-state index contributed by atoms with van der Waals surface area (Å²) in [5, 5.41) is 3.79. The molecule has 0 fully saturated rings. The first kappa shape index (κ1) is 26.6. The van der Waals surface area contributed by atoms with Crippen molar-refractivity contribution in [2.75, 3.05) is 20.3 Å². The maximum absolute atomic E-state index is 12.3. The van der Waals surface area contributed by atoms with Crippen LogP contribution in [0.15, 0.2) is 66.7 Å². The standard InChI is InChI=1S/C30H34ClN3O3/c1-22-20-25(15-16-26(22)31)37-19-6-5-18-34-28-9-4-3-8-27(28)33-29(34)10-7-17-32-30(35)21-23-11-13-24(36-2)14-12-23/h3-4,8-9,11-16,20H,5-7,10,17-19,21H2,1-2H3,(H,32,35). The molecule has 6 nitrogen and oxygen atoms in total. The van der Waals surface area contributed by atoms with Gasteiger partial charge in [0.2, 0.25) is 5.91 Å². The number of hydrogen-bond donors (Lipinski definition) is 1. The van der Waals surface area contributed by atoms with E-state index in [1.807, 2.05) is 55.5 Å². The lowest BCUT2D eigenvalue weighted by molar-refractivity contribution is -0.120. The second kappa shape index (κ2) is 13.2. The zero-order valence-corrected chi connectivity index (χ0v) is 22.3. The van der Waals surface area contributed by atoms with Crippen molar-refractivity contribution < 1.29 is 14.3 Å². The Labute approximate surface area is 223 Å². The zero-order chi connectivity index (χ0) is 26.0. The van der Waals surface area contributed by atoms with Gasteiger partial charge in [0.15, 0.2) is 0 Å². The minimum Gasteiger partial charge on any atom is -0.497 e. The summed E-state index contributed by atoms with van der Waals surface area (Å²) in [6.45, 7) is 4.13. The van der Waals surface area contributed by atoms with Gasteiger partial charge < -0.3 is 19.4 Å². The number of ether oxygens (including phenoxy) is 2. The molecule has 0 aliphatic rings. The number of imidazole rings is 1. The molecule has 7 heteroatoms. The van der Waals surface area contributed by atoms with Crippen molar-refractivity contribution in [3.8, 4) is 11.5 Å². The predicted molar refractivity (Wildman–Crippen MR) is 149 cm³/mol. The fourth-order valence-electron chi connectivity index (χ4n) is 4.30. The highest BCUT2D eigenvalue weighted by Gasteiger charge is 2.11. The highest BCUT2D eigenvalue weighted by atomic mass is 35.5. The molecule has 4 aromatic rings. The van der Waals surface area contributed by atoms with Crippen LogP contribution in [0.4, 0.5) is 0 Å². The van der Waals surface area contributed by atoms with Crippen molar-refractivity contribution in [1.29, 1.82) is 0 Å². The van der Waals surface area contributed by atoms with E-state index in [-0.39, 0.29) is 5.91 Å². The first-order valence-corrected chi connectivity index (χ1v) is 13.1. The Hall–Kier alpha value is -3.51. The lowest BCUT2D eigenvalue weighted by Crippen LogP contribution is -2.26. The van der Waals surface area contributed by atoms with Crippen molar-refractivity contribution >= 4 is 28.5 Å². The minimum atomic E-state index is 0.0227. The van der Waals surface area contributed by atoms with Gasteiger partial charge in [0.05, 0.1) is 31.2 Å². The molecule has 1 aromatic heterocycles. The summed E-state index contributed by atoms with van der Waals surface area (Å²) < 4.78 is 13.4. The molecule has 0 atom stereocenters. The molecule has 0 aliphatic carbocycles. The number of methoxy groups -OCH3 is 1. The van der Waals surface area contributed by atoms with E-state index < -0.39 is 0 Å². The van der Waals surface area contributed by atoms with Crippen LogP contribution in [-0.2, 0) is 24.2 Å². The van der Waals surface area contributed by atoms with E-state index in [4.69, 9.17) is 26.1 Å². The molecule has 1 amide bonds. The summed E-state index contributed by atoms with van der Waals surface area (Å²) in [5.41, 5.74) is 4.14. The third kappa shape index (κ3) is 7.49. The molecular formula is C30H34ClN3O3. The van der Waals surface area contributed by atoms with Gasteiger partial charge in [-0.15, -0.1) is 0 Å². The number of aromatic nitrogens is 2. The lowest BCUT2D eigenvalue weighted by atomic mass is 10.1. The van der Waals surface area contributed by atoms with Gasteiger partial charge in [-0.1, -0.05) is 35.9 Å². The summed E-state index contributed by atoms with van der Waals surface area (Å²) >= 11 is 6.10. The minimum absolute atomic E-state index is 0.0227. The number of halogens is 1. The molecule has 0 bridgehead atoms. The highest BCUT2D eigenvalue weighted by Crippen LogP contribution is 2.22. The van der Waals surface area contributed by atoms with Gasteiger partial charge in [0.1, 0.15) is 17.3 Å². The van der Waals surface area contributed by atoms with Crippen molar-refractivity contribution in [1.82, 2.24) is 14.9 Å². The molecule has 1 heterocycles. The van der Waals surface area contributed by atoms with E-state index in [1.165, 1.54) is 0 Å². The van der Waals surface area contributed by atoms with Crippen molar-refractivity contribution in [3.05, 3.63) is 88.7 Å². The number of amides is 1. The van der Waals surface area contributed by atoms with Gasteiger partial charge in [-0.3, -0.25) is 4.79 Å².